The van der Waals surface area contributed by atoms with Crippen LogP contribution >= 0.6 is 0 Å². The number of amides is 1. The lowest BCUT2D eigenvalue weighted by Crippen LogP contribution is -2.58. The van der Waals surface area contributed by atoms with Crippen LogP contribution in [-0.4, -0.2) is 59.0 Å². The van der Waals surface area contributed by atoms with Gasteiger partial charge in [0.05, 0.1) is 22.4 Å². The molecule has 0 radical (unpaired) electrons. The van der Waals surface area contributed by atoms with Crippen molar-refractivity contribution in [3.8, 4) is 0 Å². The van der Waals surface area contributed by atoms with Crippen LogP contribution in [0.1, 0.15) is 44.0 Å². The van der Waals surface area contributed by atoms with Gasteiger partial charge in [-0.05, 0) is 37.4 Å². The van der Waals surface area contributed by atoms with E-state index < -0.39 is 5.41 Å². The quantitative estimate of drug-likeness (QED) is 0.883. The van der Waals surface area contributed by atoms with E-state index in [2.05, 4.69) is 36.2 Å². The lowest BCUT2D eigenvalue weighted by Gasteiger charge is -2.39. The molecule has 6 nitrogen and oxygen atoms in total. The van der Waals surface area contributed by atoms with Crippen molar-refractivity contribution < 1.29 is 4.79 Å². The molecule has 142 valence electrons. The Hall–Kier alpha value is -2.05. The van der Waals surface area contributed by atoms with Gasteiger partial charge in [-0.3, -0.25) is 10.2 Å². The predicted molar refractivity (Wildman–Crippen MR) is 104 cm³/mol. The Morgan fingerprint density at radius 2 is 1.78 bits per heavy atom. The first-order valence-corrected chi connectivity index (χ1v) is 9.95. The van der Waals surface area contributed by atoms with Crippen LogP contribution in [0.5, 0.6) is 0 Å². The van der Waals surface area contributed by atoms with Gasteiger partial charge < -0.3 is 4.90 Å². The standard InChI is InChI=1S/C21H27N5O/c1-20(2)14-8-9-21(20,19(27)24-26-12-10-25(3)11-13-26)18-17(14)22-15-6-4-5-7-16(15)23-18/h4-7,14H,8-13H2,1-3H3,(H,24,27). The van der Waals surface area contributed by atoms with Gasteiger partial charge in [-0.1, -0.05) is 26.0 Å². The van der Waals surface area contributed by atoms with Crippen molar-refractivity contribution in [2.45, 2.75) is 38.0 Å². The van der Waals surface area contributed by atoms with E-state index in [1.54, 1.807) is 0 Å². The van der Waals surface area contributed by atoms with Crippen LogP contribution in [0.2, 0.25) is 0 Å². The van der Waals surface area contributed by atoms with Gasteiger partial charge in [0.1, 0.15) is 5.41 Å². The molecule has 0 spiro atoms. The summed E-state index contributed by atoms with van der Waals surface area (Å²) in [7, 11) is 2.12. The largest absolute Gasteiger partial charge is 0.304 e. The molecule has 2 aromatic rings. The maximum Gasteiger partial charge on any atom is 0.247 e. The van der Waals surface area contributed by atoms with Crippen LogP contribution in [0, 0.1) is 5.41 Å². The highest BCUT2D eigenvalue weighted by Gasteiger charge is 2.68. The van der Waals surface area contributed by atoms with Crippen molar-refractivity contribution in [2.24, 2.45) is 5.41 Å². The van der Waals surface area contributed by atoms with Crippen LogP contribution in [0.3, 0.4) is 0 Å². The molecule has 1 amide bonds. The number of hydrazine groups is 1. The Morgan fingerprint density at radius 3 is 2.48 bits per heavy atom. The topological polar surface area (TPSA) is 61.4 Å². The van der Waals surface area contributed by atoms with Crippen molar-refractivity contribution in [1.29, 1.82) is 0 Å². The first-order valence-electron chi connectivity index (χ1n) is 9.95. The maximum absolute atomic E-state index is 13.7. The molecule has 2 fully saturated rings. The summed E-state index contributed by atoms with van der Waals surface area (Å²) in [6, 6.07) is 7.99. The second-order valence-corrected chi connectivity index (χ2v) is 8.90. The van der Waals surface area contributed by atoms with Gasteiger partial charge in [0.25, 0.3) is 0 Å². The average Bonchev–Trinajstić information content (AvgIpc) is 3.03. The summed E-state index contributed by atoms with van der Waals surface area (Å²) in [5.74, 6) is 0.394. The number of nitrogens with zero attached hydrogens (tertiary/aromatic N) is 4. The minimum Gasteiger partial charge on any atom is -0.304 e. The summed E-state index contributed by atoms with van der Waals surface area (Å²) >= 11 is 0. The summed E-state index contributed by atoms with van der Waals surface area (Å²) in [5, 5.41) is 2.08. The molecule has 1 aromatic heterocycles. The number of hydrogen-bond donors (Lipinski definition) is 1. The Balaban J connectivity index is 1.56. The predicted octanol–water partition coefficient (Wildman–Crippen LogP) is 2.06. The van der Waals surface area contributed by atoms with E-state index in [4.69, 9.17) is 9.97 Å². The van der Waals surface area contributed by atoms with Gasteiger partial charge in [-0.25, -0.2) is 15.0 Å². The van der Waals surface area contributed by atoms with E-state index in [0.717, 1.165) is 61.4 Å². The second kappa shape index (κ2) is 5.72. The molecular formula is C21H27N5O. The van der Waals surface area contributed by atoms with Crippen molar-refractivity contribution >= 4 is 16.9 Å². The fourth-order valence-electron chi connectivity index (χ4n) is 5.49. The molecule has 1 saturated heterocycles. The summed E-state index contributed by atoms with van der Waals surface area (Å²) in [6.07, 6.45) is 1.85. The Bertz CT molecular complexity index is 918. The van der Waals surface area contributed by atoms with Crippen molar-refractivity contribution in [3.63, 3.8) is 0 Å². The fraction of sp³-hybridized carbons (Fsp3) is 0.571. The molecular weight excluding hydrogens is 338 g/mol. The normalized spacial score (nSPS) is 29.8. The molecule has 2 aliphatic carbocycles. The van der Waals surface area contributed by atoms with Gasteiger partial charge in [-0.2, -0.15) is 0 Å². The third-order valence-corrected chi connectivity index (χ3v) is 7.26. The number of nitrogens with one attached hydrogen (secondary N) is 1. The lowest BCUT2D eigenvalue weighted by molar-refractivity contribution is -0.136. The minimum absolute atomic E-state index is 0.0999. The van der Waals surface area contributed by atoms with E-state index in [9.17, 15) is 4.79 Å². The van der Waals surface area contributed by atoms with E-state index in [-0.39, 0.29) is 11.3 Å². The van der Waals surface area contributed by atoms with Gasteiger partial charge in [0, 0.05) is 32.1 Å². The van der Waals surface area contributed by atoms with Crippen LogP contribution in [0.15, 0.2) is 24.3 Å². The molecule has 2 bridgehead atoms. The fourth-order valence-corrected chi connectivity index (χ4v) is 5.49. The molecule has 27 heavy (non-hydrogen) atoms. The number of aromatic nitrogens is 2. The molecule has 1 saturated carbocycles. The van der Waals surface area contributed by atoms with Gasteiger partial charge >= 0.3 is 0 Å². The zero-order chi connectivity index (χ0) is 18.8. The zero-order valence-corrected chi connectivity index (χ0v) is 16.3. The van der Waals surface area contributed by atoms with E-state index in [0.29, 0.717) is 5.92 Å². The van der Waals surface area contributed by atoms with Crippen LogP contribution in [0.4, 0.5) is 0 Å². The lowest BCUT2D eigenvalue weighted by atomic mass is 9.68. The van der Waals surface area contributed by atoms with Gasteiger partial charge in [0.15, 0.2) is 0 Å². The van der Waals surface area contributed by atoms with Gasteiger partial charge in [-0.15, -0.1) is 0 Å². The summed E-state index contributed by atoms with van der Waals surface area (Å²) < 4.78 is 0. The van der Waals surface area contributed by atoms with Crippen molar-refractivity contribution in [1.82, 2.24) is 25.3 Å². The van der Waals surface area contributed by atoms with E-state index in [1.807, 2.05) is 24.3 Å². The highest BCUT2D eigenvalue weighted by Crippen LogP contribution is 2.67. The first-order chi connectivity index (χ1) is 12.9. The highest BCUT2D eigenvalue weighted by molar-refractivity contribution is 5.92. The van der Waals surface area contributed by atoms with Crippen molar-refractivity contribution in [3.05, 3.63) is 35.7 Å². The minimum atomic E-state index is -0.590. The van der Waals surface area contributed by atoms with E-state index >= 15 is 0 Å². The van der Waals surface area contributed by atoms with Crippen molar-refractivity contribution in [2.75, 3.05) is 33.2 Å². The molecule has 2 heterocycles. The number of hydrogen-bond acceptors (Lipinski definition) is 5. The number of carbonyl (C=O) groups excluding carboxylic acids is 1. The summed E-state index contributed by atoms with van der Waals surface area (Å²) in [4.78, 5) is 25.9. The monoisotopic (exact) mass is 365 g/mol. The zero-order valence-electron chi connectivity index (χ0n) is 16.3. The molecule has 5 rings (SSSR count). The number of fused-ring (bicyclic) bond motifs is 6. The highest BCUT2D eigenvalue weighted by atomic mass is 16.2. The molecule has 2 atom stereocenters. The molecule has 2 unspecified atom stereocenters. The maximum atomic E-state index is 13.7. The molecule has 1 aromatic carbocycles. The number of benzene rings is 1. The molecule has 3 aliphatic rings. The van der Waals surface area contributed by atoms with E-state index in [1.165, 1.54) is 0 Å². The number of piperazine rings is 1. The Kier molecular flexibility index (Phi) is 3.62. The number of likely N-dealkylation sites (N-methyl/N-ethyl adjacent to an activating group) is 1. The third kappa shape index (κ3) is 2.23. The third-order valence-electron chi connectivity index (χ3n) is 7.26. The van der Waals surface area contributed by atoms with Crippen LogP contribution < -0.4 is 5.43 Å². The number of para-hydroxylation sites is 2. The average molecular weight is 365 g/mol. The van der Waals surface area contributed by atoms with Crippen LogP contribution in [-0.2, 0) is 10.2 Å². The number of carbonyl (C=O) groups is 1. The smallest absolute Gasteiger partial charge is 0.247 e. The Morgan fingerprint density at radius 1 is 1.11 bits per heavy atom. The summed E-state index contributed by atoms with van der Waals surface area (Å²) in [6.45, 7) is 8.11. The second-order valence-electron chi connectivity index (χ2n) is 8.90. The molecule has 1 N–H and O–H groups in total. The molecule has 1 aliphatic heterocycles. The Labute approximate surface area is 159 Å². The van der Waals surface area contributed by atoms with Crippen LogP contribution in [0.25, 0.3) is 11.0 Å². The number of rotatable bonds is 2. The summed E-state index contributed by atoms with van der Waals surface area (Å²) in [5.41, 5.74) is 6.23. The molecule has 6 heteroatoms. The SMILES string of the molecule is CN1CCN(NC(=O)C23CCC(c4nc5ccccc5nc42)C3(C)C)CC1. The first kappa shape index (κ1) is 17.1. The van der Waals surface area contributed by atoms with Gasteiger partial charge in [0.2, 0.25) is 5.91 Å².